The predicted molar refractivity (Wildman–Crippen MR) is 48.6 cm³/mol. The highest BCUT2D eigenvalue weighted by molar-refractivity contribution is 5.83. The first-order valence-electron chi connectivity index (χ1n) is 4.32. The van der Waals surface area contributed by atoms with Crippen molar-refractivity contribution >= 4 is 11.9 Å². The summed E-state index contributed by atoms with van der Waals surface area (Å²) >= 11 is 0. The van der Waals surface area contributed by atoms with Crippen LogP contribution in [-0.2, 0) is 19.1 Å². The summed E-state index contributed by atoms with van der Waals surface area (Å²) in [5.74, 6) is -1.61. The third kappa shape index (κ3) is 6.05. The Bertz CT molecular complexity index is 231. The lowest BCUT2D eigenvalue weighted by Crippen LogP contribution is -2.07. The number of rotatable bonds is 5. The first kappa shape index (κ1) is 12.5. The van der Waals surface area contributed by atoms with Gasteiger partial charge in [-0.1, -0.05) is 0 Å². The molecule has 0 bridgehead atoms. The van der Waals surface area contributed by atoms with Gasteiger partial charge in [-0.05, 0) is 13.8 Å². The van der Waals surface area contributed by atoms with Gasteiger partial charge in [-0.2, -0.15) is 0 Å². The second-order valence-corrected chi connectivity index (χ2v) is 2.37. The minimum atomic E-state index is -0.672. The van der Waals surface area contributed by atoms with Gasteiger partial charge in [0, 0.05) is 0 Å². The van der Waals surface area contributed by atoms with Crippen LogP contribution in [0.2, 0.25) is 0 Å². The first-order chi connectivity index (χ1) is 6.60. The monoisotopic (exact) mass is 202 g/mol. The second-order valence-electron chi connectivity index (χ2n) is 2.37. The van der Waals surface area contributed by atoms with Crippen molar-refractivity contribution in [2.45, 2.75) is 20.3 Å². The zero-order valence-electron chi connectivity index (χ0n) is 8.28. The van der Waals surface area contributed by atoms with Crippen LogP contribution < -0.4 is 0 Å². The summed E-state index contributed by atoms with van der Waals surface area (Å²) in [4.78, 5) is 21.6. The summed E-state index contributed by atoms with van der Waals surface area (Å²) in [6.07, 6.45) is 0.549. The van der Waals surface area contributed by atoms with E-state index in [1.54, 1.807) is 13.8 Å². The van der Waals surface area contributed by atoms with E-state index in [9.17, 15) is 9.59 Å². The molecule has 0 unspecified atom stereocenters. The zero-order valence-corrected chi connectivity index (χ0v) is 8.28. The quantitative estimate of drug-likeness (QED) is 0.408. The summed E-state index contributed by atoms with van der Waals surface area (Å²) < 4.78 is 9.09. The fraction of sp³-hybridized carbons (Fsp3) is 0.556. The van der Waals surface area contributed by atoms with Crippen molar-refractivity contribution in [1.29, 1.82) is 0 Å². The molecule has 0 aromatic heterocycles. The highest BCUT2D eigenvalue weighted by atomic mass is 16.5. The largest absolute Gasteiger partial charge is 0.511 e. The van der Waals surface area contributed by atoms with Crippen LogP contribution in [0, 0.1) is 0 Å². The van der Waals surface area contributed by atoms with E-state index in [0.717, 1.165) is 6.08 Å². The lowest BCUT2D eigenvalue weighted by atomic mass is 10.3. The molecule has 0 saturated carbocycles. The van der Waals surface area contributed by atoms with Crippen molar-refractivity contribution in [1.82, 2.24) is 0 Å². The van der Waals surface area contributed by atoms with Crippen molar-refractivity contribution < 1.29 is 24.2 Å². The molecule has 0 saturated heterocycles. The van der Waals surface area contributed by atoms with Crippen LogP contribution in [0.15, 0.2) is 11.8 Å². The molecule has 0 fully saturated rings. The van der Waals surface area contributed by atoms with E-state index in [1.807, 2.05) is 0 Å². The fourth-order valence-electron chi connectivity index (χ4n) is 0.731. The van der Waals surface area contributed by atoms with Crippen molar-refractivity contribution in [3.05, 3.63) is 11.8 Å². The molecule has 5 heteroatoms. The molecule has 1 N–H and O–H groups in total. The number of carbonyl (C=O) groups is 2. The summed E-state index contributed by atoms with van der Waals surface area (Å²) in [6.45, 7) is 3.77. The minimum Gasteiger partial charge on any atom is -0.511 e. The Hall–Kier alpha value is -1.52. The summed E-state index contributed by atoms with van der Waals surface area (Å²) in [5.41, 5.74) is 0. The lowest BCUT2D eigenvalue weighted by molar-refractivity contribution is -0.142. The van der Waals surface area contributed by atoms with Crippen molar-refractivity contribution in [3.8, 4) is 0 Å². The van der Waals surface area contributed by atoms with E-state index in [4.69, 9.17) is 5.11 Å². The van der Waals surface area contributed by atoms with E-state index >= 15 is 0 Å². The molecule has 0 aliphatic rings. The average Bonchev–Trinajstić information content (AvgIpc) is 2.03. The van der Waals surface area contributed by atoms with Crippen LogP contribution in [0.25, 0.3) is 0 Å². The third-order valence-electron chi connectivity index (χ3n) is 1.20. The molecule has 0 rings (SSSR count). The molecule has 14 heavy (non-hydrogen) atoms. The molecule has 0 radical (unpaired) electrons. The van der Waals surface area contributed by atoms with Gasteiger partial charge in [0.05, 0.1) is 19.3 Å². The lowest BCUT2D eigenvalue weighted by Gasteiger charge is -2.00. The van der Waals surface area contributed by atoms with Gasteiger partial charge in [0.15, 0.2) is 0 Å². The number of ether oxygens (including phenoxy) is 2. The van der Waals surface area contributed by atoms with E-state index in [1.165, 1.54) is 0 Å². The smallest absolute Gasteiger partial charge is 0.334 e. The molecule has 0 spiro atoms. The molecule has 0 aliphatic heterocycles. The van der Waals surface area contributed by atoms with Crippen LogP contribution in [-0.4, -0.2) is 30.3 Å². The van der Waals surface area contributed by atoms with Crippen LogP contribution in [0.3, 0.4) is 0 Å². The average molecular weight is 202 g/mol. The molecule has 0 heterocycles. The van der Waals surface area contributed by atoms with Crippen LogP contribution in [0.1, 0.15) is 20.3 Å². The topological polar surface area (TPSA) is 72.8 Å². The van der Waals surface area contributed by atoms with Gasteiger partial charge < -0.3 is 14.6 Å². The van der Waals surface area contributed by atoms with Crippen molar-refractivity contribution in [2.75, 3.05) is 13.2 Å². The highest BCUT2D eigenvalue weighted by Gasteiger charge is 2.07. The van der Waals surface area contributed by atoms with Crippen LogP contribution >= 0.6 is 0 Å². The number of aliphatic hydroxyl groups is 1. The summed E-state index contributed by atoms with van der Waals surface area (Å²) in [6, 6.07) is 0. The molecule has 0 aromatic carbocycles. The molecule has 0 aliphatic carbocycles. The van der Waals surface area contributed by atoms with Gasteiger partial charge in [-0.25, -0.2) is 4.79 Å². The highest BCUT2D eigenvalue weighted by Crippen LogP contribution is 1.99. The molecular weight excluding hydrogens is 188 g/mol. The summed E-state index contributed by atoms with van der Waals surface area (Å²) in [5, 5.41) is 9.10. The number of hydrogen-bond acceptors (Lipinski definition) is 5. The van der Waals surface area contributed by atoms with Gasteiger partial charge >= 0.3 is 11.9 Å². The van der Waals surface area contributed by atoms with Gasteiger partial charge in [-0.3, -0.25) is 4.79 Å². The number of carbonyl (C=O) groups excluding carboxylic acids is 2. The Morgan fingerprint density at radius 3 is 2.29 bits per heavy atom. The van der Waals surface area contributed by atoms with E-state index in [0.29, 0.717) is 0 Å². The second kappa shape index (κ2) is 6.94. The Morgan fingerprint density at radius 1 is 1.21 bits per heavy atom. The molecule has 0 aromatic rings. The molecule has 0 amide bonds. The predicted octanol–water partition coefficient (Wildman–Crippen LogP) is 0.945. The Morgan fingerprint density at radius 2 is 1.79 bits per heavy atom. The molecule has 0 atom stereocenters. The Kier molecular flexibility index (Phi) is 6.19. The molecular formula is C9H14O5. The SMILES string of the molecule is CCOC(=O)C=C(O)CC(=O)OCC. The van der Waals surface area contributed by atoms with E-state index in [-0.39, 0.29) is 25.4 Å². The van der Waals surface area contributed by atoms with E-state index in [2.05, 4.69) is 9.47 Å². The molecule has 80 valence electrons. The van der Waals surface area contributed by atoms with Gasteiger partial charge in [0.2, 0.25) is 0 Å². The number of aliphatic hydroxyl groups excluding tert-OH is 1. The van der Waals surface area contributed by atoms with E-state index < -0.39 is 11.9 Å². The minimum absolute atomic E-state index is 0.224. The van der Waals surface area contributed by atoms with Gasteiger partial charge in [-0.15, -0.1) is 0 Å². The van der Waals surface area contributed by atoms with Gasteiger partial charge in [0.25, 0.3) is 0 Å². The summed E-state index contributed by atoms with van der Waals surface area (Å²) in [7, 11) is 0. The van der Waals surface area contributed by atoms with Crippen LogP contribution in [0.4, 0.5) is 0 Å². The third-order valence-corrected chi connectivity index (χ3v) is 1.20. The zero-order chi connectivity index (χ0) is 11.0. The standard InChI is InChI=1S/C9H14O5/c1-3-13-8(11)5-7(10)6-9(12)14-4-2/h5,10H,3-4,6H2,1-2H3. The van der Waals surface area contributed by atoms with Crippen molar-refractivity contribution in [3.63, 3.8) is 0 Å². The number of hydrogen-bond donors (Lipinski definition) is 1. The Balaban J connectivity index is 3.99. The maximum Gasteiger partial charge on any atom is 0.334 e. The normalized spacial score (nSPS) is 10.9. The number of esters is 2. The van der Waals surface area contributed by atoms with Crippen LogP contribution in [0.5, 0.6) is 0 Å². The van der Waals surface area contributed by atoms with Crippen molar-refractivity contribution in [2.24, 2.45) is 0 Å². The Labute approximate surface area is 82.3 Å². The fourth-order valence-corrected chi connectivity index (χ4v) is 0.731. The molecule has 5 nitrogen and oxygen atoms in total. The maximum absolute atomic E-state index is 10.8. The maximum atomic E-state index is 10.8. The first-order valence-corrected chi connectivity index (χ1v) is 4.32. The van der Waals surface area contributed by atoms with Gasteiger partial charge in [0.1, 0.15) is 12.2 Å².